The summed E-state index contributed by atoms with van der Waals surface area (Å²) in [6.45, 7) is 1.75. The molecule has 3 aromatic rings. The summed E-state index contributed by atoms with van der Waals surface area (Å²) >= 11 is 0. The van der Waals surface area contributed by atoms with E-state index < -0.39 is 0 Å². The highest BCUT2D eigenvalue weighted by Crippen LogP contribution is 2.19. The van der Waals surface area contributed by atoms with Crippen molar-refractivity contribution in [2.45, 2.75) is 19.5 Å². The van der Waals surface area contributed by atoms with Crippen LogP contribution in [0.3, 0.4) is 0 Å². The van der Waals surface area contributed by atoms with Gasteiger partial charge in [-0.2, -0.15) is 0 Å². The predicted octanol–water partition coefficient (Wildman–Crippen LogP) is 1.73. The molecular weight excluding hydrogens is 250 g/mol. The lowest BCUT2D eigenvalue weighted by atomic mass is 10.2. The monoisotopic (exact) mass is 269 g/mol. The van der Waals surface area contributed by atoms with Gasteiger partial charge in [0.05, 0.1) is 0 Å². The number of fused-ring (bicyclic) bond motifs is 1. The lowest BCUT2D eigenvalue weighted by molar-refractivity contribution is 0.661. The van der Waals surface area contributed by atoms with Crippen molar-refractivity contribution in [3.8, 4) is 0 Å². The van der Waals surface area contributed by atoms with Crippen LogP contribution in [0, 0.1) is 0 Å². The molecule has 104 valence electrons. The van der Waals surface area contributed by atoms with E-state index in [0.717, 1.165) is 31.0 Å². The summed E-state index contributed by atoms with van der Waals surface area (Å²) < 4.78 is 4.28. The minimum atomic E-state index is 0.859. The molecule has 0 amide bonds. The first kappa shape index (κ1) is 12.9. The molecular formula is C15H19N5. The van der Waals surface area contributed by atoms with E-state index in [1.807, 2.05) is 38.8 Å². The smallest absolute Gasteiger partial charge is 0.140 e. The van der Waals surface area contributed by atoms with Crippen LogP contribution in [0.25, 0.3) is 11.0 Å². The Morgan fingerprint density at radius 1 is 1.25 bits per heavy atom. The van der Waals surface area contributed by atoms with Crippen molar-refractivity contribution >= 4 is 11.0 Å². The average molecular weight is 269 g/mol. The van der Waals surface area contributed by atoms with Crippen molar-refractivity contribution in [3.63, 3.8) is 0 Å². The maximum Gasteiger partial charge on any atom is 0.140 e. The highest BCUT2D eigenvalue weighted by atomic mass is 15.1. The fraction of sp³-hybridized carbons (Fsp3) is 0.333. The van der Waals surface area contributed by atoms with Gasteiger partial charge < -0.3 is 14.5 Å². The van der Waals surface area contributed by atoms with E-state index in [0.29, 0.717) is 0 Å². The van der Waals surface area contributed by atoms with Crippen LogP contribution in [0.1, 0.15) is 11.4 Å². The molecule has 3 heterocycles. The molecule has 0 aliphatic rings. The van der Waals surface area contributed by atoms with Crippen molar-refractivity contribution < 1.29 is 0 Å². The quantitative estimate of drug-likeness (QED) is 0.767. The Morgan fingerprint density at radius 3 is 2.90 bits per heavy atom. The normalized spacial score (nSPS) is 11.3. The maximum absolute atomic E-state index is 4.51. The van der Waals surface area contributed by atoms with Crippen molar-refractivity contribution in [1.29, 1.82) is 0 Å². The van der Waals surface area contributed by atoms with Gasteiger partial charge in [0.25, 0.3) is 0 Å². The van der Waals surface area contributed by atoms with Gasteiger partial charge in [-0.15, -0.1) is 0 Å². The van der Waals surface area contributed by atoms with E-state index in [1.54, 1.807) is 0 Å². The molecule has 5 heteroatoms. The summed E-state index contributed by atoms with van der Waals surface area (Å²) in [5, 5.41) is 4.43. The molecule has 1 N–H and O–H groups in total. The Balaban J connectivity index is 1.89. The standard InChI is InChI=1S/C15H19N5/c1-16-10-12-11-20(15-13(12)4-3-6-18-15)8-5-14-17-7-9-19(14)2/h3-4,6-7,9,11,16H,5,8,10H2,1-2H3. The van der Waals surface area contributed by atoms with E-state index >= 15 is 0 Å². The molecule has 0 fully saturated rings. The van der Waals surface area contributed by atoms with Gasteiger partial charge in [0.15, 0.2) is 0 Å². The molecule has 0 spiro atoms. The molecule has 0 aromatic carbocycles. The van der Waals surface area contributed by atoms with Gasteiger partial charge in [0.2, 0.25) is 0 Å². The molecule has 0 saturated heterocycles. The maximum atomic E-state index is 4.51. The number of hydrogen-bond donors (Lipinski definition) is 1. The number of imidazole rings is 1. The summed E-state index contributed by atoms with van der Waals surface area (Å²) in [5.41, 5.74) is 2.34. The lowest BCUT2D eigenvalue weighted by Gasteiger charge is -2.04. The van der Waals surface area contributed by atoms with Gasteiger partial charge in [-0.05, 0) is 24.7 Å². The Hall–Kier alpha value is -2.14. The van der Waals surface area contributed by atoms with Crippen LogP contribution in [-0.2, 0) is 26.6 Å². The highest BCUT2D eigenvalue weighted by Gasteiger charge is 2.09. The average Bonchev–Trinajstić information content (AvgIpc) is 3.02. The number of pyridine rings is 1. The second-order valence-electron chi connectivity index (χ2n) is 4.96. The first-order valence-electron chi connectivity index (χ1n) is 6.83. The fourth-order valence-corrected chi connectivity index (χ4v) is 2.55. The Kier molecular flexibility index (Phi) is 3.52. The number of aromatic nitrogens is 4. The summed E-state index contributed by atoms with van der Waals surface area (Å²) in [5.74, 6) is 1.10. The van der Waals surface area contributed by atoms with Crippen molar-refractivity contribution in [2.75, 3.05) is 7.05 Å². The Morgan fingerprint density at radius 2 is 2.15 bits per heavy atom. The summed E-state index contributed by atoms with van der Waals surface area (Å²) in [6.07, 6.45) is 8.77. The zero-order valence-electron chi connectivity index (χ0n) is 11.9. The Bertz CT molecular complexity index is 710. The number of nitrogens with zero attached hydrogens (tertiary/aromatic N) is 4. The molecule has 3 aromatic heterocycles. The van der Waals surface area contributed by atoms with E-state index in [1.165, 1.54) is 10.9 Å². The van der Waals surface area contributed by atoms with Gasteiger partial charge in [-0.3, -0.25) is 0 Å². The van der Waals surface area contributed by atoms with E-state index in [2.05, 4.69) is 36.7 Å². The third-order valence-electron chi connectivity index (χ3n) is 3.58. The van der Waals surface area contributed by atoms with Crippen LogP contribution in [0.5, 0.6) is 0 Å². The number of aryl methyl sites for hydroxylation is 3. The topological polar surface area (TPSA) is 47.7 Å². The van der Waals surface area contributed by atoms with Crippen LogP contribution in [0.2, 0.25) is 0 Å². The predicted molar refractivity (Wildman–Crippen MR) is 79.4 cm³/mol. The lowest BCUT2D eigenvalue weighted by Crippen LogP contribution is -2.06. The summed E-state index contributed by atoms with van der Waals surface area (Å²) in [6, 6.07) is 4.12. The first-order chi connectivity index (χ1) is 9.79. The first-order valence-corrected chi connectivity index (χ1v) is 6.83. The van der Waals surface area contributed by atoms with E-state index in [9.17, 15) is 0 Å². The molecule has 0 unspecified atom stereocenters. The van der Waals surface area contributed by atoms with Gasteiger partial charge >= 0.3 is 0 Å². The molecule has 0 saturated carbocycles. The minimum absolute atomic E-state index is 0.859. The number of rotatable bonds is 5. The number of nitrogens with one attached hydrogen (secondary N) is 1. The molecule has 0 radical (unpaired) electrons. The minimum Gasteiger partial charge on any atom is -0.338 e. The molecule has 5 nitrogen and oxygen atoms in total. The molecule has 0 atom stereocenters. The number of hydrogen-bond acceptors (Lipinski definition) is 3. The van der Waals surface area contributed by atoms with E-state index in [-0.39, 0.29) is 0 Å². The second-order valence-corrected chi connectivity index (χ2v) is 4.96. The largest absolute Gasteiger partial charge is 0.338 e. The van der Waals surface area contributed by atoms with Crippen molar-refractivity contribution in [3.05, 3.63) is 48.3 Å². The SMILES string of the molecule is CNCc1cn(CCc2nccn2C)c2ncccc12. The van der Waals surface area contributed by atoms with E-state index in [4.69, 9.17) is 0 Å². The van der Waals surface area contributed by atoms with Crippen LogP contribution >= 0.6 is 0 Å². The van der Waals surface area contributed by atoms with Crippen LogP contribution in [0.15, 0.2) is 36.9 Å². The molecule has 0 bridgehead atoms. The van der Waals surface area contributed by atoms with Gasteiger partial charge in [-0.25, -0.2) is 9.97 Å². The van der Waals surface area contributed by atoms with Crippen LogP contribution < -0.4 is 5.32 Å². The van der Waals surface area contributed by atoms with Gasteiger partial charge in [0.1, 0.15) is 11.5 Å². The van der Waals surface area contributed by atoms with Crippen molar-refractivity contribution in [2.24, 2.45) is 7.05 Å². The van der Waals surface area contributed by atoms with Gasteiger partial charge in [-0.1, -0.05) is 0 Å². The molecule has 0 aliphatic heterocycles. The molecule has 20 heavy (non-hydrogen) atoms. The third-order valence-corrected chi connectivity index (χ3v) is 3.58. The van der Waals surface area contributed by atoms with Crippen LogP contribution in [0.4, 0.5) is 0 Å². The fourth-order valence-electron chi connectivity index (χ4n) is 2.55. The van der Waals surface area contributed by atoms with Gasteiger partial charge in [0, 0.05) is 56.7 Å². The zero-order valence-corrected chi connectivity index (χ0v) is 11.9. The van der Waals surface area contributed by atoms with Crippen LogP contribution in [-0.4, -0.2) is 26.1 Å². The van der Waals surface area contributed by atoms with Crippen molar-refractivity contribution in [1.82, 2.24) is 24.4 Å². The third kappa shape index (κ3) is 2.32. The molecule has 3 rings (SSSR count). The Labute approximate surface area is 118 Å². The second kappa shape index (κ2) is 5.46. The zero-order chi connectivity index (χ0) is 13.9. The highest BCUT2D eigenvalue weighted by molar-refractivity contribution is 5.80. The molecule has 0 aliphatic carbocycles. The summed E-state index contributed by atoms with van der Waals surface area (Å²) in [7, 11) is 3.99. The summed E-state index contributed by atoms with van der Waals surface area (Å²) in [4.78, 5) is 8.89.